The molecule has 3 unspecified atom stereocenters. The van der Waals surface area contributed by atoms with Gasteiger partial charge in [-0.2, -0.15) is 0 Å². The molecule has 0 aromatic heterocycles. The van der Waals surface area contributed by atoms with Crippen molar-refractivity contribution in [2.75, 3.05) is 0 Å². The van der Waals surface area contributed by atoms with E-state index in [-0.39, 0.29) is 12.0 Å². The van der Waals surface area contributed by atoms with E-state index in [9.17, 15) is 8.78 Å². The summed E-state index contributed by atoms with van der Waals surface area (Å²) in [5, 5.41) is 0. The molecular formula is C11H14F2O. The van der Waals surface area contributed by atoms with E-state index in [1.807, 2.05) is 6.92 Å². The van der Waals surface area contributed by atoms with Crippen molar-refractivity contribution in [3.05, 3.63) is 23.3 Å². The Hall–Kier alpha value is -0.700. The molecule has 1 fully saturated rings. The van der Waals surface area contributed by atoms with Crippen molar-refractivity contribution in [1.82, 2.24) is 0 Å². The number of halogens is 2. The van der Waals surface area contributed by atoms with Gasteiger partial charge >= 0.3 is 0 Å². The van der Waals surface area contributed by atoms with E-state index in [2.05, 4.69) is 0 Å². The SMILES string of the molecule is CC1=CC2CCC(C)OC2C(F)=C1F. The predicted octanol–water partition coefficient (Wildman–Crippen LogP) is 3.28. The average molecular weight is 200 g/mol. The van der Waals surface area contributed by atoms with Crippen LogP contribution in [0.2, 0.25) is 0 Å². The van der Waals surface area contributed by atoms with Gasteiger partial charge in [0.05, 0.1) is 6.10 Å². The minimum Gasteiger partial charge on any atom is -0.367 e. The van der Waals surface area contributed by atoms with Crippen LogP contribution in [-0.2, 0) is 4.74 Å². The summed E-state index contributed by atoms with van der Waals surface area (Å²) in [4.78, 5) is 0. The molecule has 78 valence electrons. The molecule has 0 saturated carbocycles. The van der Waals surface area contributed by atoms with E-state index >= 15 is 0 Å². The first-order valence-corrected chi connectivity index (χ1v) is 4.99. The van der Waals surface area contributed by atoms with Gasteiger partial charge in [0.15, 0.2) is 11.7 Å². The van der Waals surface area contributed by atoms with Gasteiger partial charge in [-0.25, -0.2) is 8.78 Å². The third-order valence-electron chi connectivity index (χ3n) is 2.94. The van der Waals surface area contributed by atoms with Gasteiger partial charge in [0, 0.05) is 5.92 Å². The highest BCUT2D eigenvalue weighted by molar-refractivity contribution is 5.33. The molecule has 14 heavy (non-hydrogen) atoms. The van der Waals surface area contributed by atoms with Crippen molar-refractivity contribution in [3.8, 4) is 0 Å². The second-order valence-electron chi connectivity index (χ2n) is 4.12. The smallest absolute Gasteiger partial charge is 0.165 e. The predicted molar refractivity (Wildman–Crippen MR) is 50.1 cm³/mol. The normalized spacial score (nSPS) is 38.0. The summed E-state index contributed by atoms with van der Waals surface area (Å²) >= 11 is 0. The monoisotopic (exact) mass is 200 g/mol. The topological polar surface area (TPSA) is 9.23 Å². The molecule has 1 nitrogen and oxygen atoms in total. The van der Waals surface area contributed by atoms with Crippen molar-refractivity contribution in [1.29, 1.82) is 0 Å². The minimum atomic E-state index is -0.736. The Morgan fingerprint density at radius 2 is 2.07 bits per heavy atom. The van der Waals surface area contributed by atoms with Crippen LogP contribution < -0.4 is 0 Å². The van der Waals surface area contributed by atoms with Crippen molar-refractivity contribution < 1.29 is 13.5 Å². The second-order valence-corrected chi connectivity index (χ2v) is 4.12. The lowest BCUT2D eigenvalue weighted by molar-refractivity contribution is -0.0552. The van der Waals surface area contributed by atoms with E-state index in [1.165, 1.54) is 0 Å². The summed E-state index contributed by atoms with van der Waals surface area (Å²) in [5.74, 6) is -1.44. The number of fused-ring (bicyclic) bond motifs is 1. The first-order valence-electron chi connectivity index (χ1n) is 4.99. The van der Waals surface area contributed by atoms with Crippen LogP contribution in [0, 0.1) is 5.92 Å². The lowest BCUT2D eigenvalue weighted by Crippen LogP contribution is -2.35. The van der Waals surface area contributed by atoms with Gasteiger partial charge in [-0.3, -0.25) is 0 Å². The fourth-order valence-corrected chi connectivity index (χ4v) is 2.12. The highest BCUT2D eigenvalue weighted by Crippen LogP contribution is 2.38. The van der Waals surface area contributed by atoms with Crippen molar-refractivity contribution >= 4 is 0 Å². The molecule has 0 spiro atoms. The minimum absolute atomic E-state index is 0.0192. The summed E-state index contributed by atoms with van der Waals surface area (Å²) in [6, 6.07) is 0. The van der Waals surface area contributed by atoms with E-state index < -0.39 is 17.8 Å². The summed E-state index contributed by atoms with van der Waals surface area (Å²) < 4.78 is 32.1. The molecule has 0 aromatic rings. The van der Waals surface area contributed by atoms with Gasteiger partial charge in [0.2, 0.25) is 0 Å². The zero-order valence-corrected chi connectivity index (χ0v) is 8.39. The molecule has 1 heterocycles. The Morgan fingerprint density at radius 3 is 2.79 bits per heavy atom. The fraction of sp³-hybridized carbons (Fsp3) is 0.636. The van der Waals surface area contributed by atoms with E-state index in [1.54, 1.807) is 13.0 Å². The number of rotatable bonds is 0. The quantitative estimate of drug-likeness (QED) is 0.583. The van der Waals surface area contributed by atoms with Gasteiger partial charge in [0.1, 0.15) is 6.10 Å². The largest absolute Gasteiger partial charge is 0.367 e. The molecule has 3 heteroatoms. The van der Waals surface area contributed by atoms with E-state index in [4.69, 9.17) is 4.74 Å². The Labute approximate surface area is 82.4 Å². The molecule has 0 aromatic carbocycles. The average Bonchev–Trinajstić information content (AvgIpc) is 2.16. The highest BCUT2D eigenvalue weighted by Gasteiger charge is 2.36. The third-order valence-corrected chi connectivity index (χ3v) is 2.94. The molecule has 0 N–H and O–H groups in total. The Kier molecular flexibility index (Phi) is 2.43. The van der Waals surface area contributed by atoms with Crippen molar-refractivity contribution in [2.45, 2.75) is 38.9 Å². The van der Waals surface area contributed by atoms with Gasteiger partial charge in [0.25, 0.3) is 0 Å². The fourth-order valence-electron chi connectivity index (χ4n) is 2.12. The Bertz CT molecular complexity index is 306. The summed E-state index contributed by atoms with van der Waals surface area (Å²) in [6.07, 6.45) is 2.93. The first kappa shape index (κ1) is 9.84. The molecule has 1 saturated heterocycles. The van der Waals surface area contributed by atoms with Crippen LogP contribution in [0.25, 0.3) is 0 Å². The van der Waals surface area contributed by atoms with Crippen LogP contribution >= 0.6 is 0 Å². The first-order chi connectivity index (χ1) is 6.59. The molecule has 0 bridgehead atoms. The van der Waals surface area contributed by atoms with E-state index in [0.717, 1.165) is 12.8 Å². The molecule has 1 aliphatic carbocycles. The number of hydrogen-bond donors (Lipinski definition) is 0. The van der Waals surface area contributed by atoms with Crippen molar-refractivity contribution in [2.24, 2.45) is 5.92 Å². The summed E-state index contributed by atoms with van der Waals surface area (Å²) in [5.41, 5.74) is 0.405. The molecule has 1 aliphatic heterocycles. The molecule has 3 atom stereocenters. The van der Waals surface area contributed by atoms with Crippen LogP contribution in [0.3, 0.4) is 0 Å². The van der Waals surface area contributed by atoms with Gasteiger partial charge in [-0.15, -0.1) is 0 Å². The van der Waals surface area contributed by atoms with Gasteiger partial charge < -0.3 is 4.74 Å². The summed E-state index contributed by atoms with van der Waals surface area (Å²) in [6.45, 7) is 3.50. The lowest BCUT2D eigenvalue weighted by atomic mass is 9.85. The third kappa shape index (κ3) is 1.50. The van der Waals surface area contributed by atoms with Crippen LogP contribution in [-0.4, -0.2) is 12.2 Å². The van der Waals surface area contributed by atoms with E-state index in [0.29, 0.717) is 5.57 Å². The standard InChI is InChI=1S/C11H14F2O/c1-6-5-8-4-3-7(2)14-11(8)10(13)9(6)12/h5,7-8,11H,3-4H2,1-2H3. The number of allylic oxidation sites excluding steroid dienone is 2. The highest BCUT2D eigenvalue weighted by atomic mass is 19.2. The summed E-state index contributed by atoms with van der Waals surface area (Å²) in [7, 11) is 0. The Morgan fingerprint density at radius 1 is 1.36 bits per heavy atom. The molecule has 2 rings (SSSR count). The lowest BCUT2D eigenvalue weighted by Gasteiger charge is -2.35. The zero-order chi connectivity index (χ0) is 10.3. The van der Waals surface area contributed by atoms with Crippen LogP contribution in [0.5, 0.6) is 0 Å². The molecule has 0 radical (unpaired) electrons. The molecule has 0 amide bonds. The number of hydrogen-bond acceptors (Lipinski definition) is 1. The van der Waals surface area contributed by atoms with Crippen LogP contribution in [0.15, 0.2) is 23.3 Å². The number of ether oxygens (including phenoxy) is 1. The van der Waals surface area contributed by atoms with Gasteiger partial charge in [-0.1, -0.05) is 6.08 Å². The maximum atomic E-state index is 13.5. The maximum Gasteiger partial charge on any atom is 0.165 e. The van der Waals surface area contributed by atoms with Crippen LogP contribution in [0.4, 0.5) is 8.78 Å². The zero-order valence-electron chi connectivity index (χ0n) is 8.39. The Balaban J connectivity index is 2.28. The molecule has 2 aliphatic rings. The van der Waals surface area contributed by atoms with Crippen LogP contribution in [0.1, 0.15) is 26.7 Å². The maximum absolute atomic E-state index is 13.5. The van der Waals surface area contributed by atoms with Crippen molar-refractivity contribution in [3.63, 3.8) is 0 Å². The second kappa shape index (κ2) is 3.46. The molecular weight excluding hydrogens is 186 g/mol. The van der Waals surface area contributed by atoms with Gasteiger partial charge in [-0.05, 0) is 32.3 Å².